The van der Waals surface area contributed by atoms with Crippen molar-refractivity contribution in [2.45, 2.75) is 19.4 Å². The smallest absolute Gasteiger partial charge is 0.354 e. The molecule has 26 heavy (non-hydrogen) atoms. The highest BCUT2D eigenvalue weighted by atomic mass is 127. The molecule has 0 saturated heterocycles. The van der Waals surface area contributed by atoms with Crippen LogP contribution in [0.25, 0.3) is 0 Å². The molecular weight excluding hydrogens is 445 g/mol. The van der Waals surface area contributed by atoms with Crippen molar-refractivity contribution in [1.29, 1.82) is 0 Å². The molecule has 1 aliphatic heterocycles. The number of rotatable bonds is 5. The maximum Gasteiger partial charge on any atom is 0.354 e. The van der Waals surface area contributed by atoms with E-state index < -0.39 is 12.0 Å². The number of carbonyl (C=O) groups is 2. The van der Waals surface area contributed by atoms with Crippen LogP contribution in [0.2, 0.25) is 0 Å². The molecule has 1 unspecified atom stereocenters. The Kier molecular flexibility index (Phi) is 5.87. The van der Waals surface area contributed by atoms with Gasteiger partial charge in [-0.1, -0.05) is 30.3 Å². The highest BCUT2D eigenvalue weighted by Gasteiger charge is 2.37. The number of nitrogens with one attached hydrogen (secondary N) is 1. The summed E-state index contributed by atoms with van der Waals surface area (Å²) in [5.41, 5.74) is 1.73. The summed E-state index contributed by atoms with van der Waals surface area (Å²) in [6.45, 7) is 2.01. The van der Waals surface area contributed by atoms with E-state index in [1.54, 1.807) is 11.9 Å². The molecule has 0 aliphatic carbocycles. The van der Waals surface area contributed by atoms with Crippen molar-refractivity contribution in [3.05, 3.63) is 58.2 Å². The third-order valence-electron chi connectivity index (χ3n) is 3.88. The van der Waals surface area contributed by atoms with Crippen LogP contribution in [0.5, 0.6) is 0 Å². The second-order valence-electron chi connectivity index (χ2n) is 5.64. The number of halogens is 1. The van der Waals surface area contributed by atoms with Crippen molar-refractivity contribution < 1.29 is 14.3 Å². The number of carbonyl (C=O) groups excluding carboxylic acids is 2. The molecule has 0 fully saturated rings. The first-order chi connectivity index (χ1) is 12.6. The third kappa shape index (κ3) is 4.04. The molecule has 0 bridgehead atoms. The summed E-state index contributed by atoms with van der Waals surface area (Å²) >= 11 is 2.17. The van der Waals surface area contributed by atoms with Gasteiger partial charge in [0.25, 0.3) is 0 Å². The van der Waals surface area contributed by atoms with E-state index >= 15 is 0 Å². The van der Waals surface area contributed by atoms with Crippen molar-refractivity contribution >= 4 is 51.6 Å². The lowest BCUT2D eigenvalue weighted by molar-refractivity contribution is -0.135. The fraction of sp³-hybridized carbons (Fsp3) is 0.211. The molecule has 1 amide bonds. The molecule has 1 heterocycles. The van der Waals surface area contributed by atoms with Crippen LogP contribution >= 0.6 is 22.6 Å². The van der Waals surface area contributed by atoms with Crippen molar-refractivity contribution in [2.24, 2.45) is 5.10 Å². The van der Waals surface area contributed by atoms with Gasteiger partial charge in [0, 0.05) is 9.99 Å². The normalized spacial score (nSPS) is 16.2. The first-order valence-electron chi connectivity index (χ1n) is 8.24. The molecule has 0 aromatic heterocycles. The summed E-state index contributed by atoms with van der Waals surface area (Å²) in [7, 11) is 0. The van der Waals surface area contributed by atoms with Crippen molar-refractivity contribution in [3.63, 3.8) is 0 Å². The number of anilines is 2. The molecule has 7 heteroatoms. The second-order valence-corrected chi connectivity index (χ2v) is 6.80. The number of amides is 1. The van der Waals surface area contributed by atoms with E-state index in [-0.39, 0.29) is 24.6 Å². The zero-order chi connectivity index (χ0) is 18.5. The first-order valence-corrected chi connectivity index (χ1v) is 9.32. The highest BCUT2D eigenvalue weighted by Crippen LogP contribution is 2.26. The summed E-state index contributed by atoms with van der Waals surface area (Å²) in [5, 5.41) is 8.87. The van der Waals surface area contributed by atoms with Gasteiger partial charge in [0.15, 0.2) is 0 Å². The summed E-state index contributed by atoms with van der Waals surface area (Å²) < 4.78 is 5.99. The summed E-state index contributed by atoms with van der Waals surface area (Å²) in [6, 6.07) is 16.2. The molecular formula is C19H18IN3O3. The van der Waals surface area contributed by atoms with Crippen LogP contribution in [0, 0.1) is 3.57 Å². The Hall–Kier alpha value is -2.42. The monoisotopic (exact) mass is 463 g/mol. The number of para-hydroxylation sites is 2. The van der Waals surface area contributed by atoms with Crippen LogP contribution in [0.15, 0.2) is 59.7 Å². The van der Waals surface area contributed by atoms with Gasteiger partial charge >= 0.3 is 5.97 Å². The van der Waals surface area contributed by atoms with Crippen molar-refractivity contribution in [1.82, 2.24) is 0 Å². The molecule has 1 aliphatic rings. The number of ether oxygens (including phenoxy) is 1. The maximum absolute atomic E-state index is 12.9. The van der Waals surface area contributed by atoms with Crippen LogP contribution in [0.3, 0.4) is 0 Å². The number of hydrogen-bond donors (Lipinski definition) is 1. The van der Waals surface area contributed by atoms with E-state index in [1.165, 1.54) is 0 Å². The Balaban J connectivity index is 1.85. The average molecular weight is 463 g/mol. The molecule has 134 valence electrons. The minimum Gasteiger partial charge on any atom is -0.461 e. The standard InChI is InChI=1S/C19H18IN3O3/c1-2-26-19(25)16-12-17(23(22-16)13-8-4-3-5-9-13)18(24)21-15-11-7-6-10-14(15)20/h3-11,17H,2,12H2,1H3,(H,21,24). The van der Waals surface area contributed by atoms with Gasteiger partial charge in [0.05, 0.1) is 18.0 Å². The van der Waals surface area contributed by atoms with E-state index in [4.69, 9.17) is 4.74 Å². The average Bonchev–Trinajstić information content (AvgIpc) is 3.10. The highest BCUT2D eigenvalue weighted by molar-refractivity contribution is 14.1. The zero-order valence-electron chi connectivity index (χ0n) is 14.2. The molecule has 0 spiro atoms. The van der Waals surface area contributed by atoms with Crippen LogP contribution in [-0.2, 0) is 14.3 Å². The van der Waals surface area contributed by atoms with E-state index in [1.807, 2.05) is 54.6 Å². The van der Waals surface area contributed by atoms with Crippen LogP contribution in [0.4, 0.5) is 11.4 Å². The van der Waals surface area contributed by atoms with Gasteiger partial charge in [-0.2, -0.15) is 5.10 Å². The van der Waals surface area contributed by atoms with Crippen LogP contribution in [0.1, 0.15) is 13.3 Å². The number of esters is 1. The third-order valence-corrected chi connectivity index (χ3v) is 4.82. The van der Waals surface area contributed by atoms with E-state index in [9.17, 15) is 9.59 Å². The van der Waals surface area contributed by atoms with Gasteiger partial charge in [0.2, 0.25) is 5.91 Å². The Morgan fingerprint density at radius 2 is 1.88 bits per heavy atom. The number of hydrazone groups is 1. The SMILES string of the molecule is CCOC(=O)C1=NN(c2ccccc2)C(C(=O)Nc2ccccc2I)C1. The molecule has 2 aromatic rings. The second kappa shape index (κ2) is 8.31. The molecule has 1 N–H and O–H groups in total. The van der Waals surface area contributed by atoms with E-state index in [0.717, 1.165) is 14.9 Å². The summed E-state index contributed by atoms with van der Waals surface area (Å²) in [5.74, 6) is -0.709. The van der Waals surface area contributed by atoms with E-state index in [0.29, 0.717) is 0 Å². The van der Waals surface area contributed by atoms with Crippen molar-refractivity contribution in [2.75, 3.05) is 16.9 Å². The van der Waals surface area contributed by atoms with Crippen LogP contribution < -0.4 is 10.3 Å². The van der Waals surface area contributed by atoms with Gasteiger partial charge in [-0.05, 0) is 53.8 Å². The summed E-state index contributed by atoms with van der Waals surface area (Å²) in [6.07, 6.45) is 0.197. The molecule has 1 atom stereocenters. The minimum absolute atomic E-state index is 0.197. The maximum atomic E-state index is 12.9. The predicted molar refractivity (Wildman–Crippen MR) is 109 cm³/mol. The van der Waals surface area contributed by atoms with Gasteiger partial charge < -0.3 is 10.1 Å². The molecule has 0 radical (unpaired) electrons. The number of nitrogens with zero attached hydrogens (tertiary/aromatic N) is 2. The Bertz CT molecular complexity index is 839. The Labute approximate surface area is 165 Å². The van der Waals surface area contributed by atoms with E-state index in [2.05, 4.69) is 33.0 Å². The Morgan fingerprint density at radius 3 is 2.58 bits per heavy atom. The molecule has 3 rings (SSSR count). The lowest BCUT2D eigenvalue weighted by Crippen LogP contribution is -2.39. The fourth-order valence-corrected chi connectivity index (χ4v) is 3.17. The van der Waals surface area contributed by atoms with Crippen LogP contribution in [-0.4, -0.2) is 30.2 Å². The summed E-state index contributed by atoms with van der Waals surface area (Å²) in [4.78, 5) is 25.0. The first kappa shape index (κ1) is 18.4. The van der Waals surface area contributed by atoms with Gasteiger partial charge in [-0.3, -0.25) is 9.80 Å². The predicted octanol–water partition coefficient (Wildman–Crippen LogP) is 3.43. The quantitative estimate of drug-likeness (QED) is 0.545. The number of benzene rings is 2. The van der Waals surface area contributed by atoms with Gasteiger partial charge in [0.1, 0.15) is 11.8 Å². The minimum atomic E-state index is -0.618. The molecule has 6 nitrogen and oxygen atoms in total. The fourth-order valence-electron chi connectivity index (χ4n) is 2.65. The lowest BCUT2D eigenvalue weighted by atomic mass is 10.1. The Morgan fingerprint density at radius 1 is 1.19 bits per heavy atom. The van der Waals surface area contributed by atoms with Gasteiger partial charge in [-0.15, -0.1) is 0 Å². The molecule has 2 aromatic carbocycles. The zero-order valence-corrected chi connectivity index (χ0v) is 16.3. The number of hydrogen-bond acceptors (Lipinski definition) is 5. The topological polar surface area (TPSA) is 71.0 Å². The van der Waals surface area contributed by atoms with Crippen molar-refractivity contribution in [3.8, 4) is 0 Å². The van der Waals surface area contributed by atoms with Gasteiger partial charge in [-0.25, -0.2) is 4.79 Å². The molecule has 0 saturated carbocycles. The lowest BCUT2D eigenvalue weighted by Gasteiger charge is -2.23. The largest absolute Gasteiger partial charge is 0.461 e.